The zero-order valence-corrected chi connectivity index (χ0v) is 14.6. The van der Waals surface area contributed by atoms with Gasteiger partial charge in [0, 0.05) is 5.92 Å². The SMILES string of the molecule is CCCC=CCCCCCCCCCCCCC(C)C#N. The molecular formula is C20H37N. The van der Waals surface area contributed by atoms with Gasteiger partial charge in [-0.2, -0.15) is 5.26 Å². The number of unbranched alkanes of at least 4 members (excludes halogenated alkanes) is 11. The fraction of sp³-hybridized carbons (Fsp3) is 0.850. The lowest BCUT2D eigenvalue weighted by atomic mass is 10.0. The highest BCUT2D eigenvalue weighted by atomic mass is 14.3. The molecule has 0 aromatic carbocycles. The third kappa shape index (κ3) is 17.2. The minimum Gasteiger partial charge on any atom is -0.198 e. The van der Waals surface area contributed by atoms with Crippen molar-refractivity contribution in [1.29, 1.82) is 5.26 Å². The lowest BCUT2D eigenvalue weighted by molar-refractivity contribution is 0.528. The molecule has 0 spiro atoms. The molecule has 122 valence electrons. The molecule has 0 heterocycles. The first-order valence-corrected chi connectivity index (χ1v) is 9.35. The van der Waals surface area contributed by atoms with E-state index in [1.165, 1.54) is 83.5 Å². The zero-order valence-electron chi connectivity index (χ0n) is 14.6. The van der Waals surface area contributed by atoms with Gasteiger partial charge in [0.2, 0.25) is 0 Å². The monoisotopic (exact) mass is 291 g/mol. The molecule has 0 amide bonds. The molecule has 1 nitrogen and oxygen atoms in total. The Hall–Kier alpha value is -0.770. The van der Waals surface area contributed by atoms with Crippen LogP contribution in [0.3, 0.4) is 0 Å². The highest BCUT2D eigenvalue weighted by Gasteiger charge is 1.98. The van der Waals surface area contributed by atoms with Gasteiger partial charge in [-0.3, -0.25) is 0 Å². The topological polar surface area (TPSA) is 23.8 Å². The Labute approximate surface area is 133 Å². The molecule has 0 rings (SSSR count). The molecular weight excluding hydrogens is 254 g/mol. The van der Waals surface area contributed by atoms with Crippen molar-refractivity contribution in [3.05, 3.63) is 12.2 Å². The predicted octanol–water partition coefficient (Wildman–Crippen LogP) is 7.18. The number of nitriles is 1. The molecule has 0 aliphatic carbocycles. The van der Waals surface area contributed by atoms with Crippen LogP contribution in [0.2, 0.25) is 0 Å². The van der Waals surface area contributed by atoms with E-state index in [1.54, 1.807) is 0 Å². The van der Waals surface area contributed by atoms with Crippen LogP contribution in [0, 0.1) is 17.2 Å². The molecule has 0 radical (unpaired) electrons. The first kappa shape index (κ1) is 20.2. The molecule has 0 aromatic heterocycles. The molecule has 0 bridgehead atoms. The van der Waals surface area contributed by atoms with E-state index >= 15 is 0 Å². The van der Waals surface area contributed by atoms with E-state index in [9.17, 15) is 0 Å². The molecule has 0 N–H and O–H groups in total. The van der Waals surface area contributed by atoms with Gasteiger partial charge < -0.3 is 0 Å². The predicted molar refractivity (Wildman–Crippen MR) is 94.2 cm³/mol. The second-order valence-electron chi connectivity index (χ2n) is 6.40. The van der Waals surface area contributed by atoms with Crippen LogP contribution in [0.15, 0.2) is 12.2 Å². The van der Waals surface area contributed by atoms with Crippen LogP contribution in [-0.4, -0.2) is 0 Å². The van der Waals surface area contributed by atoms with E-state index in [4.69, 9.17) is 5.26 Å². The summed E-state index contributed by atoms with van der Waals surface area (Å²) in [5.74, 6) is 0.252. The van der Waals surface area contributed by atoms with Crippen molar-refractivity contribution in [1.82, 2.24) is 0 Å². The summed E-state index contributed by atoms with van der Waals surface area (Å²) in [7, 11) is 0. The molecule has 0 saturated carbocycles. The molecule has 0 fully saturated rings. The van der Waals surface area contributed by atoms with Crippen molar-refractivity contribution in [2.45, 2.75) is 104 Å². The van der Waals surface area contributed by atoms with Gasteiger partial charge in [0.1, 0.15) is 0 Å². The zero-order chi connectivity index (χ0) is 15.6. The summed E-state index contributed by atoms with van der Waals surface area (Å²) in [5, 5.41) is 8.70. The maximum atomic E-state index is 8.70. The first-order chi connectivity index (χ1) is 10.3. The van der Waals surface area contributed by atoms with Crippen LogP contribution in [0.25, 0.3) is 0 Å². The Balaban J connectivity index is 3.04. The summed E-state index contributed by atoms with van der Waals surface area (Å²) in [6, 6.07) is 2.31. The second kappa shape index (κ2) is 17.3. The van der Waals surface area contributed by atoms with Gasteiger partial charge in [-0.25, -0.2) is 0 Å². The minimum absolute atomic E-state index is 0.252. The third-order valence-electron chi connectivity index (χ3n) is 4.10. The van der Waals surface area contributed by atoms with Gasteiger partial charge in [0.05, 0.1) is 6.07 Å². The summed E-state index contributed by atoms with van der Waals surface area (Å²) in [5.41, 5.74) is 0. The van der Waals surface area contributed by atoms with E-state index in [2.05, 4.69) is 25.1 Å². The normalized spacial score (nSPS) is 12.6. The lowest BCUT2D eigenvalue weighted by Gasteiger charge is -2.03. The van der Waals surface area contributed by atoms with Crippen molar-refractivity contribution in [2.24, 2.45) is 5.92 Å². The van der Waals surface area contributed by atoms with Crippen LogP contribution in [-0.2, 0) is 0 Å². The summed E-state index contributed by atoms with van der Waals surface area (Å²) in [6.07, 6.45) is 23.3. The molecule has 21 heavy (non-hydrogen) atoms. The van der Waals surface area contributed by atoms with Gasteiger partial charge in [0.25, 0.3) is 0 Å². The van der Waals surface area contributed by atoms with E-state index < -0.39 is 0 Å². The quantitative estimate of drug-likeness (QED) is 0.231. The molecule has 1 unspecified atom stereocenters. The number of nitrogens with zero attached hydrogens (tertiary/aromatic N) is 1. The Morgan fingerprint density at radius 2 is 1.24 bits per heavy atom. The van der Waals surface area contributed by atoms with Gasteiger partial charge >= 0.3 is 0 Å². The minimum atomic E-state index is 0.252. The van der Waals surface area contributed by atoms with Crippen LogP contribution in [0.4, 0.5) is 0 Å². The average molecular weight is 292 g/mol. The maximum absolute atomic E-state index is 8.70. The van der Waals surface area contributed by atoms with Crippen LogP contribution < -0.4 is 0 Å². The van der Waals surface area contributed by atoms with Gasteiger partial charge in [-0.05, 0) is 32.6 Å². The number of allylic oxidation sites excluding steroid dienone is 2. The fourth-order valence-electron chi connectivity index (χ4n) is 2.59. The standard InChI is InChI=1S/C20H37N/c1-3-4-5-6-7-8-9-10-11-12-13-14-15-16-17-18-20(2)19-21/h5-6,20H,3-4,7-18H2,1-2H3. The number of hydrogen-bond donors (Lipinski definition) is 0. The summed E-state index contributed by atoms with van der Waals surface area (Å²) >= 11 is 0. The lowest BCUT2D eigenvalue weighted by Crippen LogP contribution is -1.89. The number of hydrogen-bond acceptors (Lipinski definition) is 1. The summed E-state index contributed by atoms with van der Waals surface area (Å²) in [6.45, 7) is 4.26. The van der Waals surface area contributed by atoms with E-state index in [0.29, 0.717) is 0 Å². The van der Waals surface area contributed by atoms with Gasteiger partial charge in [-0.15, -0.1) is 0 Å². The molecule has 0 aliphatic heterocycles. The molecule has 1 atom stereocenters. The summed E-state index contributed by atoms with van der Waals surface area (Å²) < 4.78 is 0. The first-order valence-electron chi connectivity index (χ1n) is 9.35. The Kier molecular flexibility index (Phi) is 16.6. The second-order valence-corrected chi connectivity index (χ2v) is 6.40. The number of rotatable bonds is 15. The van der Waals surface area contributed by atoms with Crippen LogP contribution in [0.1, 0.15) is 104 Å². The van der Waals surface area contributed by atoms with E-state index in [0.717, 1.165) is 6.42 Å². The Morgan fingerprint density at radius 3 is 1.76 bits per heavy atom. The molecule has 0 aliphatic rings. The van der Waals surface area contributed by atoms with Crippen molar-refractivity contribution in [2.75, 3.05) is 0 Å². The smallest absolute Gasteiger partial charge is 0.0652 e. The third-order valence-corrected chi connectivity index (χ3v) is 4.10. The fourth-order valence-corrected chi connectivity index (χ4v) is 2.59. The molecule has 1 heteroatoms. The highest BCUT2D eigenvalue weighted by Crippen LogP contribution is 2.13. The highest BCUT2D eigenvalue weighted by molar-refractivity contribution is 4.80. The Morgan fingerprint density at radius 1 is 0.762 bits per heavy atom. The largest absolute Gasteiger partial charge is 0.198 e. The average Bonchev–Trinajstić information content (AvgIpc) is 2.50. The van der Waals surface area contributed by atoms with E-state index in [1.807, 2.05) is 6.92 Å². The van der Waals surface area contributed by atoms with Crippen LogP contribution in [0.5, 0.6) is 0 Å². The van der Waals surface area contributed by atoms with Gasteiger partial charge in [-0.1, -0.05) is 83.3 Å². The van der Waals surface area contributed by atoms with Crippen molar-refractivity contribution in [3.63, 3.8) is 0 Å². The van der Waals surface area contributed by atoms with E-state index in [-0.39, 0.29) is 5.92 Å². The van der Waals surface area contributed by atoms with Gasteiger partial charge in [0.15, 0.2) is 0 Å². The van der Waals surface area contributed by atoms with Crippen molar-refractivity contribution >= 4 is 0 Å². The van der Waals surface area contributed by atoms with Crippen molar-refractivity contribution in [3.8, 4) is 6.07 Å². The van der Waals surface area contributed by atoms with Crippen molar-refractivity contribution < 1.29 is 0 Å². The molecule has 0 aromatic rings. The summed E-state index contributed by atoms with van der Waals surface area (Å²) in [4.78, 5) is 0. The maximum Gasteiger partial charge on any atom is 0.0652 e. The molecule has 0 saturated heterocycles. The van der Waals surface area contributed by atoms with Crippen LogP contribution >= 0.6 is 0 Å². The Bertz CT molecular complexity index is 262.